The van der Waals surface area contributed by atoms with Crippen molar-refractivity contribution >= 4 is 11.9 Å². The molecular weight excluding hydrogens is 445 g/mol. The van der Waals surface area contributed by atoms with Crippen LogP contribution in [-0.4, -0.2) is 69.0 Å². The Labute approximate surface area is 197 Å². The van der Waals surface area contributed by atoms with E-state index in [1.54, 1.807) is 35.2 Å². The lowest BCUT2D eigenvalue weighted by Gasteiger charge is -2.44. The Hall–Kier alpha value is -2.94. The van der Waals surface area contributed by atoms with Gasteiger partial charge in [0.1, 0.15) is 5.54 Å². The van der Waals surface area contributed by atoms with E-state index >= 15 is 0 Å². The average Bonchev–Trinajstić information content (AvgIpc) is 2.99. The third kappa shape index (κ3) is 5.09. The van der Waals surface area contributed by atoms with E-state index in [0.717, 1.165) is 11.1 Å². The number of pyridine rings is 1. The number of carbonyl (C=O) groups is 2. The maximum atomic E-state index is 13.7. The van der Waals surface area contributed by atoms with Gasteiger partial charge in [0.05, 0.1) is 13.0 Å². The monoisotopic (exact) mass is 474 g/mol. The highest BCUT2D eigenvalue weighted by Gasteiger charge is 2.58. The van der Waals surface area contributed by atoms with Crippen molar-refractivity contribution in [3.05, 3.63) is 66.0 Å². The largest absolute Gasteiger partial charge is 0.390 e. The number of carbonyl (C=O) groups excluding carboxylic acids is 2. The number of aromatic nitrogens is 1. The van der Waals surface area contributed by atoms with Crippen LogP contribution in [0.15, 0.2) is 54.9 Å². The van der Waals surface area contributed by atoms with Crippen molar-refractivity contribution < 1.29 is 22.8 Å². The van der Waals surface area contributed by atoms with E-state index in [9.17, 15) is 22.8 Å². The molecule has 1 atom stereocenters. The summed E-state index contributed by atoms with van der Waals surface area (Å²) in [7, 11) is 0. The second-order valence-electron chi connectivity index (χ2n) is 9.16. The number of piperidine rings is 1. The highest BCUT2D eigenvalue weighted by atomic mass is 19.4. The van der Waals surface area contributed by atoms with Crippen LogP contribution in [0.5, 0.6) is 0 Å². The number of rotatable bonds is 7. The number of hydrogen-bond acceptors (Lipinski definition) is 4. The SMILES string of the molecule is CC(CC(F)(F)F)N1CCC2(CC1)C(=O)N(Cc1cccnc1)C(=O)N2CCc1ccccc1. The molecule has 1 unspecified atom stereocenters. The number of imide groups is 1. The van der Waals surface area contributed by atoms with Gasteiger partial charge in [-0.1, -0.05) is 36.4 Å². The van der Waals surface area contributed by atoms with Gasteiger partial charge in [-0.2, -0.15) is 13.2 Å². The van der Waals surface area contributed by atoms with Crippen LogP contribution in [0.3, 0.4) is 0 Å². The first-order chi connectivity index (χ1) is 16.2. The molecule has 1 aromatic heterocycles. The van der Waals surface area contributed by atoms with E-state index in [-0.39, 0.29) is 18.5 Å². The Morgan fingerprint density at radius 1 is 1.03 bits per heavy atom. The van der Waals surface area contributed by atoms with Crippen molar-refractivity contribution in [1.82, 2.24) is 19.7 Å². The molecule has 2 saturated heterocycles. The lowest BCUT2D eigenvalue weighted by atomic mass is 9.85. The topological polar surface area (TPSA) is 56.8 Å². The summed E-state index contributed by atoms with van der Waals surface area (Å²) in [5, 5.41) is 0. The summed E-state index contributed by atoms with van der Waals surface area (Å²) in [4.78, 5) is 35.9. The first-order valence-corrected chi connectivity index (χ1v) is 11.6. The van der Waals surface area contributed by atoms with Gasteiger partial charge >= 0.3 is 12.2 Å². The van der Waals surface area contributed by atoms with Crippen molar-refractivity contribution in [1.29, 1.82) is 0 Å². The number of likely N-dealkylation sites (tertiary alicyclic amines) is 1. The zero-order chi connectivity index (χ0) is 24.3. The van der Waals surface area contributed by atoms with Crippen LogP contribution in [0.1, 0.15) is 37.3 Å². The Morgan fingerprint density at radius 2 is 1.71 bits per heavy atom. The normalized spacial score (nSPS) is 19.8. The van der Waals surface area contributed by atoms with E-state index in [4.69, 9.17) is 0 Å². The van der Waals surface area contributed by atoms with Gasteiger partial charge in [0.15, 0.2) is 0 Å². The van der Waals surface area contributed by atoms with Crippen molar-refractivity contribution in [2.75, 3.05) is 19.6 Å². The Morgan fingerprint density at radius 3 is 2.32 bits per heavy atom. The summed E-state index contributed by atoms with van der Waals surface area (Å²) in [6.45, 7) is 2.73. The number of amides is 3. The molecule has 9 heteroatoms. The lowest BCUT2D eigenvalue weighted by Crippen LogP contribution is -2.58. The van der Waals surface area contributed by atoms with Gasteiger partial charge < -0.3 is 9.80 Å². The second kappa shape index (κ2) is 9.74. The van der Waals surface area contributed by atoms with Gasteiger partial charge in [-0.05, 0) is 43.4 Å². The van der Waals surface area contributed by atoms with Gasteiger partial charge in [0, 0.05) is 38.1 Å². The molecule has 2 aliphatic heterocycles. The predicted octanol–water partition coefficient (Wildman–Crippen LogP) is 4.26. The lowest BCUT2D eigenvalue weighted by molar-refractivity contribution is -0.150. The maximum Gasteiger partial charge on any atom is 0.390 e. The third-order valence-corrected chi connectivity index (χ3v) is 6.93. The van der Waals surface area contributed by atoms with Crippen LogP contribution in [0.4, 0.5) is 18.0 Å². The summed E-state index contributed by atoms with van der Waals surface area (Å²) < 4.78 is 38.7. The first kappa shape index (κ1) is 24.2. The minimum Gasteiger partial charge on any atom is -0.309 e. The second-order valence-corrected chi connectivity index (χ2v) is 9.16. The van der Waals surface area contributed by atoms with Gasteiger partial charge in [0.2, 0.25) is 0 Å². The summed E-state index contributed by atoms with van der Waals surface area (Å²) in [6.07, 6.45) is -0.649. The molecule has 2 fully saturated rings. The van der Waals surface area contributed by atoms with E-state index in [1.165, 1.54) is 4.90 Å². The minimum absolute atomic E-state index is 0.128. The van der Waals surface area contributed by atoms with Gasteiger partial charge in [-0.15, -0.1) is 0 Å². The number of benzene rings is 1. The minimum atomic E-state index is -4.24. The zero-order valence-corrected chi connectivity index (χ0v) is 19.2. The fourth-order valence-corrected chi connectivity index (χ4v) is 5.07. The molecule has 1 aromatic carbocycles. The molecule has 0 radical (unpaired) electrons. The fraction of sp³-hybridized carbons (Fsp3) is 0.480. The van der Waals surface area contributed by atoms with Crippen molar-refractivity contribution in [3.63, 3.8) is 0 Å². The number of hydrogen-bond donors (Lipinski definition) is 0. The summed E-state index contributed by atoms with van der Waals surface area (Å²) in [5.74, 6) is -0.266. The Balaban J connectivity index is 1.54. The predicted molar refractivity (Wildman–Crippen MR) is 121 cm³/mol. The molecule has 4 rings (SSSR count). The van der Waals surface area contributed by atoms with E-state index in [0.29, 0.717) is 38.9 Å². The maximum absolute atomic E-state index is 13.7. The van der Waals surface area contributed by atoms with E-state index in [1.807, 2.05) is 36.4 Å². The molecule has 2 aromatic rings. The summed E-state index contributed by atoms with van der Waals surface area (Å²) in [5.41, 5.74) is 0.781. The van der Waals surface area contributed by atoms with Crippen LogP contribution < -0.4 is 0 Å². The number of alkyl halides is 3. The quantitative estimate of drug-likeness (QED) is 0.563. The molecule has 3 heterocycles. The Kier molecular flexibility index (Phi) is 6.93. The van der Waals surface area contributed by atoms with Crippen molar-refractivity contribution in [2.45, 2.75) is 56.9 Å². The molecule has 0 aliphatic carbocycles. The van der Waals surface area contributed by atoms with Gasteiger partial charge in [0.25, 0.3) is 5.91 Å². The molecular formula is C25H29F3N4O2. The standard InChI is InChI=1S/C25H29F3N4O2/c1-19(16-25(26,27)28)30-14-10-24(11-15-30)22(33)31(18-21-8-5-12-29-17-21)23(34)32(24)13-9-20-6-3-2-4-7-20/h2-8,12,17,19H,9-11,13-16,18H2,1H3. The smallest absolute Gasteiger partial charge is 0.309 e. The molecule has 34 heavy (non-hydrogen) atoms. The van der Waals surface area contributed by atoms with Crippen LogP contribution in [0.25, 0.3) is 0 Å². The molecule has 0 bridgehead atoms. The Bertz CT molecular complexity index is 992. The molecule has 182 valence electrons. The summed E-state index contributed by atoms with van der Waals surface area (Å²) in [6, 6.07) is 12.3. The van der Waals surface area contributed by atoms with Gasteiger partial charge in [-0.25, -0.2) is 4.79 Å². The first-order valence-electron chi connectivity index (χ1n) is 11.6. The fourth-order valence-electron chi connectivity index (χ4n) is 5.07. The molecule has 3 amide bonds. The molecule has 6 nitrogen and oxygen atoms in total. The molecule has 0 saturated carbocycles. The zero-order valence-electron chi connectivity index (χ0n) is 19.2. The molecule has 0 N–H and O–H groups in total. The molecule has 1 spiro atoms. The molecule has 2 aliphatic rings. The van der Waals surface area contributed by atoms with Crippen molar-refractivity contribution in [3.8, 4) is 0 Å². The summed E-state index contributed by atoms with van der Waals surface area (Å²) >= 11 is 0. The van der Waals surface area contributed by atoms with Crippen LogP contribution in [0, 0.1) is 0 Å². The van der Waals surface area contributed by atoms with Gasteiger partial charge in [-0.3, -0.25) is 14.7 Å². The van der Waals surface area contributed by atoms with E-state index in [2.05, 4.69) is 4.98 Å². The highest BCUT2D eigenvalue weighted by Crippen LogP contribution is 2.39. The van der Waals surface area contributed by atoms with Crippen LogP contribution >= 0.6 is 0 Å². The van der Waals surface area contributed by atoms with Crippen LogP contribution in [0.2, 0.25) is 0 Å². The van der Waals surface area contributed by atoms with Crippen molar-refractivity contribution in [2.24, 2.45) is 0 Å². The van der Waals surface area contributed by atoms with Crippen LogP contribution in [-0.2, 0) is 17.8 Å². The third-order valence-electron chi connectivity index (χ3n) is 6.93. The highest BCUT2D eigenvalue weighted by molar-refractivity contribution is 6.07. The number of urea groups is 1. The number of nitrogens with zero attached hydrogens (tertiary/aromatic N) is 4. The number of halogens is 3. The van der Waals surface area contributed by atoms with E-state index < -0.39 is 24.2 Å². The average molecular weight is 475 g/mol.